The number of aromatic nitrogens is 1. The summed E-state index contributed by atoms with van der Waals surface area (Å²) in [5, 5.41) is 3.88. The van der Waals surface area contributed by atoms with Gasteiger partial charge in [0.2, 0.25) is 17.7 Å². The second-order valence-electron chi connectivity index (χ2n) is 7.29. The van der Waals surface area contributed by atoms with Crippen molar-refractivity contribution in [1.82, 2.24) is 15.2 Å². The number of nitrogens with zero attached hydrogens (tertiary/aromatic N) is 2. The van der Waals surface area contributed by atoms with Crippen LogP contribution in [0, 0.1) is 11.8 Å². The molecule has 3 amide bonds. The molecular formula is C20H23N3O3S. The van der Waals surface area contributed by atoms with Crippen LogP contribution in [0.25, 0.3) is 10.2 Å². The molecule has 1 N–H and O–H groups in total. The predicted molar refractivity (Wildman–Crippen MR) is 103 cm³/mol. The van der Waals surface area contributed by atoms with Gasteiger partial charge in [0, 0.05) is 13.0 Å². The lowest BCUT2D eigenvalue weighted by atomic mass is 9.81. The Morgan fingerprint density at radius 1 is 1.15 bits per heavy atom. The van der Waals surface area contributed by atoms with Gasteiger partial charge in [0.1, 0.15) is 6.54 Å². The van der Waals surface area contributed by atoms with Crippen LogP contribution in [0.5, 0.6) is 0 Å². The van der Waals surface area contributed by atoms with E-state index >= 15 is 0 Å². The summed E-state index contributed by atoms with van der Waals surface area (Å²) in [6, 6.07) is 8.03. The van der Waals surface area contributed by atoms with Gasteiger partial charge in [0.05, 0.1) is 27.1 Å². The zero-order valence-corrected chi connectivity index (χ0v) is 16.0. The van der Waals surface area contributed by atoms with Crippen molar-refractivity contribution >= 4 is 39.3 Å². The summed E-state index contributed by atoms with van der Waals surface area (Å²) in [6.45, 7) is 0.365. The zero-order chi connectivity index (χ0) is 18.8. The van der Waals surface area contributed by atoms with Crippen molar-refractivity contribution in [2.45, 2.75) is 38.5 Å². The maximum Gasteiger partial charge on any atom is 0.240 e. The number of carbonyl (C=O) groups is 3. The van der Waals surface area contributed by atoms with E-state index in [4.69, 9.17) is 0 Å². The molecule has 7 heteroatoms. The highest BCUT2D eigenvalue weighted by Crippen LogP contribution is 2.37. The van der Waals surface area contributed by atoms with E-state index < -0.39 is 0 Å². The van der Waals surface area contributed by atoms with Crippen molar-refractivity contribution in [3.63, 3.8) is 0 Å². The normalized spacial score (nSPS) is 22.3. The van der Waals surface area contributed by atoms with Gasteiger partial charge in [-0.2, -0.15) is 0 Å². The number of carbonyl (C=O) groups excluding carboxylic acids is 3. The number of aryl methyl sites for hydroxylation is 1. The van der Waals surface area contributed by atoms with Crippen molar-refractivity contribution in [2.75, 3.05) is 13.1 Å². The number of benzene rings is 1. The van der Waals surface area contributed by atoms with Gasteiger partial charge in [-0.1, -0.05) is 25.0 Å². The average Bonchev–Trinajstić information content (AvgIpc) is 3.20. The molecule has 2 unspecified atom stereocenters. The fourth-order valence-corrected chi connectivity index (χ4v) is 5.09. The molecule has 27 heavy (non-hydrogen) atoms. The number of likely N-dealkylation sites (tertiary alicyclic amines) is 1. The average molecular weight is 385 g/mol. The molecule has 1 saturated heterocycles. The number of thiazole rings is 1. The summed E-state index contributed by atoms with van der Waals surface area (Å²) >= 11 is 1.67. The van der Waals surface area contributed by atoms with Crippen molar-refractivity contribution in [1.29, 1.82) is 0 Å². The predicted octanol–water partition coefficient (Wildman–Crippen LogP) is 2.52. The number of hydrogen-bond acceptors (Lipinski definition) is 5. The van der Waals surface area contributed by atoms with E-state index in [1.165, 1.54) is 9.60 Å². The molecule has 1 saturated carbocycles. The first-order valence-corrected chi connectivity index (χ1v) is 10.4. The Morgan fingerprint density at radius 3 is 2.56 bits per heavy atom. The third kappa shape index (κ3) is 3.74. The molecule has 2 aliphatic rings. The van der Waals surface area contributed by atoms with E-state index in [2.05, 4.69) is 16.4 Å². The van der Waals surface area contributed by atoms with Crippen LogP contribution in [0.1, 0.15) is 37.1 Å². The minimum atomic E-state index is -0.264. The molecule has 2 fully saturated rings. The summed E-state index contributed by atoms with van der Waals surface area (Å²) in [5.41, 5.74) is 1.01. The van der Waals surface area contributed by atoms with E-state index in [-0.39, 0.29) is 36.1 Å². The fraction of sp³-hybridized carbons (Fsp3) is 0.500. The maximum atomic E-state index is 12.4. The lowest BCUT2D eigenvalue weighted by Crippen LogP contribution is -2.41. The molecule has 6 nitrogen and oxygen atoms in total. The second kappa shape index (κ2) is 7.76. The van der Waals surface area contributed by atoms with Gasteiger partial charge < -0.3 is 5.32 Å². The Bertz CT molecular complexity index is 821. The molecule has 142 valence electrons. The van der Waals surface area contributed by atoms with E-state index in [9.17, 15) is 14.4 Å². The number of imide groups is 1. The summed E-state index contributed by atoms with van der Waals surface area (Å²) in [7, 11) is 0. The topological polar surface area (TPSA) is 79.4 Å². The number of hydrogen-bond donors (Lipinski definition) is 1. The summed E-state index contributed by atoms with van der Waals surface area (Å²) < 4.78 is 1.17. The van der Waals surface area contributed by atoms with Crippen molar-refractivity contribution in [3.8, 4) is 0 Å². The molecule has 0 radical (unpaired) electrons. The Morgan fingerprint density at radius 2 is 1.85 bits per heavy atom. The Balaban J connectivity index is 1.24. The van der Waals surface area contributed by atoms with Gasteiger partial charge in [0.15, 0.2) is 0 Å². The second-order valence-corrected chi connectivity index (χ2v) is 8.40. The van der Waals surface area contributed by atoms with Crippen molar-refractivity contribution < 1.29 is 14.4 Å². The smallest absolute Gasteiger partial charge is 0.240 e. The zero-order valence-electron chi connectivity index (χ0n) is 15.1. The van der Waals surface area contributed by atoms with Gasteiger partial charge in [0.25, 0.3) is 0 Å². The van der Waals surface area contributed by atoms with E-state index in [1.807, 2.05) is 18.2 Å². The molecule has 2 heterocycles. The quantitative estimate of drug-likeness (QED) is 0.612. The van der Waals surface area contributed by atoms with Crippen molar-refractivity contribution in [3.05, 3.63) is 29.3 Å². The third-order valence-electron chi connectivity index (χ3n) is 5.46. The molecule has 1 aliphatic carbocycles. The van der Waals surface area contributed by atoms with Crippen LogP contribution >= 0.6 is 11.3 Å². The highest BCUT2D eigenvalue weighted by Gasteiger charge is 2.48. The van der Waals surface area contributed by atoms with Crippen molar-refractivity contribution in [2.24, 2.45) is 11.8 Å². The standard InChI is InChI=1S/C20H23N3O3S/c24-17(12-23-19(25)13-6-1-2-7-14(13)20(23)26)21-11-5-10-18-22-15-8-3-4-9-16(15)27-18/h3-4,8-9,13-14H,1-2,5-7,10-12H2,(H,21,24). The number of para-hydroxylation sites is 1. The summed E-state index contributed by atoms with van der Waals surface area (Å²) in [4.78, 5) is 42.7. The SMILES string of the molecule is O=C(CN1C(=O)C2CCCCC2C1=O)NCCCc1nc2ccccc2s1. The van der Waals surface area contributed by atoms with Gasteiger partial charge in [-0.15, -0.1) is 11.3 Å². The van der Waals surface area contributed by atoms with Crippen LogP contribution in [0.3, 0.4) is 0 Å². The van der Waals surface area contributed by atoms with Gasteiger partial charge in [-0.05, 0) is 31.4 Å². The van der Waals surface area contributed by atoms with Crippen LogP contribution in [0.2, 0.25) is 0 Å². The molecule has 1 aliphatic heterocycles. The van der Waals surface area contributed by atoms with E-state index in [0.29, 0.717) is 6.54 Å². The van der Waals surface area contributed by atoms with Crippen LogP contribution in [-0.2, 0) is 20.8 Å². The molecule has 1 aromatic carbocycles. The van der Waals surface area contributed by atoms with Gasteiger partial charge >= 0.3 is 0 Å². The fourth-order valence-electron chi connectivity index (χ4n) is 4.08. The monoisotopic (exact) mass is 385 g/mol. The number of amides is 3. The lowest BCUT2D eigenvalue weighted by Gasteiger charge is -2.19. The first kappa shape index (κ1) is 18.1. The summed E-state index contributed by atoms with van der Waals surface area (Å²) in [6.07, 6.45) is 5.10. The minimum Gasteiger partial charge on any atom is -0.355 e. The molecule has 0 bridgehead atoms. The van der Waals surface area contributed by atoms with Gasteiger partial charge in [-0.3, -0.25) is 19.3 Å². The first-order valence-electron chi connectivity index (χ1n) is 9.60. The minimum absolute atomic E-state index is 0.147. The number of nitrogens with one attached hydrogen (secondary N) is 1. The Kier molecular flexibility index (Phi) is 5.20. The lowest BCUT2D eigenvalue weighted by molar-refractivity contribution is -0.143. The van der Waals surface area contributed by atoms with E-state index in [0.717, 1.165) is 49.0 Å². The van der Waals surface area contributed by atoms with Crippen LogP contribution in [0.15, 0.2) is 24.3 Å². The molecule has 1 aromatic heterocycles. The Labute approximate surface area is 161 Å². The summed E-state index contributed by atoms with van der Waals surface area (Å²) in [5.74, 6) is -0.973. The highest BCUT2D eigenvalue weighted by molar-refractivity contribution is 7.18. The van der Waals surface area contributed by atoms with Crippen LogP contribution < -0.4 is 5.32 Å². The van der Waals surface area contributed by atoms with Gasteiger partial charge in [-0.25, -0.2) is 4.98 Å². The highest BCUT2D eigenvalue weighted by atomic mass is 32.1. The number of fused-ring (bicyclic) bond motifs is 2. The maximum absolute atomic E-state index is 12.4. The largest absolute Gasteiger partial charge is 0.355 e. The van der Waals surface area contributed by atoms with Crippen LogP contribution in [-0.4, -0.2) is 40.7 Å². The number of rotatable bonds is 6. The molecule has 2 atom stereocenters. The molecular weight excluding hydrogens is 362 g/mol. The molecule has 0 spiro atoms. The van der Waals surface area contributed by atoms with Crippen LogP contribution in [0.4, 0.5) is 0 Å². The van der Waals surface area contributed by atoms with E-state index in [1.54, 1.807) is 11.3 Å². The third-order valence-corrected chi connectivity index (χ3v) is 6.56. The first-order chi connectivity index (χ1) is 13.1. The molecule has 2 aromatic rings. The Hall–Kier alpha value is -2.28. The molecule has 4 rings (SSSR count).